The molecule has 0 radical (unpaired) electrons. The van der Waals surface area contributed by atoms with Crippen LogP contribution in [-0.2, 0) is 16.1 Å². The number of hydrogen-bond donors (Lipinski definition) is 2. The summed E-state index contributed by atoms with van der Waals surface area (Å²) in [4.78, 5) is 22.9. The van der Waals surface area contributed by atoms with Crippen molar-refractivity contribution in [3.8, 4) is 0 Å². The van der Waals surface area contributed by atoms with Crippen molar-refractivity contribution in [3.63, 3.8) is 0 Å². The fraction of sp³-hybridized carbons (Fsp3) is 0.579. The van der Waals surface area contributed by atoms with Crippen molar-refractivity contribution in [1.29, 1.82) is 0 Å². The molecule has 1 saturated heterocycles. The van der Waals surface area contributed by atoms with Crippen molar-refractivity contribution < 1.29 is 9.53 Å². The van der Waals surface area contributed by atoms with Gasteiger partial charge in [-0.1, -0.05) is 26.0 Å². The average molecular weight is 344 g/mol. The maximum Gasteiger partial charge on any atom is 0.238 e. The van der Waals surface area contributed by atoms with Gasteiger partial charge < -0.3 is 15.0 Å². The number of amides is 1. The Morgan fingerprint density at radius 1 is 1.32 bits per heavy atom. The molecule has 1 amide bonds. The lowest BCUT2D eigenvalue weighted by Crippen LogP contribution is -2.56. The molecule has 3 atom stereocenters. The number of benzene rings is 1. The topological polar surface area (TPSA) is 70.2 Å². The highest BCUT2D eigenvalue weighted by Gasteiger charge is 2.34. The molecular weight excluding hydrogens is 316 g/mol. The van der Waals surface area contributed by atoms with Gasteiger partial charge >= 0.3 is 0 Å². The van der Waals surface area contributed by atoms with E-state index in [0.29, 0.717) is 6.54 Å². The van der Waals surface area contributed by atoms with Gasteiger partial charge in [0.25, 0.3) is 0 Å². The molecular formula is C19H28N4O2. The van der Waals surface area contributed by atoms with Crippen molar-refractivity contribution in [2.45, 2.75) is 52.5 Å². The number of aromatic amines is 1. The molecule has 1 aromatic heterocycles. The van der Waals surface area contributed by atoms with Crippen LogP contribution >= 0.6 is 0 Å². The van der Waals surface area contributed by atoms with Crippen LogP contribution in [0.15, 0.2) is 24.3 Å². The number of para-hydroxylation sites is 2. The Labute approximate surface area is 149 Å². The first-order chi connectivity index (χ1) is 11.9. The number of nitrogens with zero attached hydrogens (tertiary/aromatic N) is 2. The Bertz CT molecular complexity index is 684. The molecule has 1 fully saturated rings. The van der Waals surface area contributed by atoms with E-state index in [1.807, 2.05) is 24.3 Å². The summed E-state index contributed by atoms with van der Waals surface area (Å²) in [6.07, 6.45) is 0.293. The third kappa shape index (κ3) is 4.19. The lowest BCUT2D eigenvalue weighted by atomic mass is 9.99. The minimum atomic E-state index is -0.154. The molecule has 6 heteroatoms. The van der Waals surface area contributed by atoms with E-state index in [9.17, 15) is 4.79 Å². The smallest absolute Gasteiger partial charge is 0.238 e. The summed E-state index contributed by atoms with van der Waals surface area (Å²) >= 11 is 0. The number of carbonyl (C=O) groups is 1. The monoisotopic (exact) mass is 344 g/mol. The van der Waals surface area contributed by atoms with Gasteiger partial charge in [0.2, 0.25) is 5.91 Å². The van der Waals surface area contributed by atoms with E-state index in [0.717, 1.165) is 29.9 Å². The molecule has 25 heavy (non-hydrogen) atoms. The van der Waals surface area contributed by atoms with Gasteiger partial charge in [-0.25, -0.2) is 4.98 Å². The van der Waals surface area contributed by atoms with Crippen LogP contribution in [0.5, 0.6) is 0 Å². The van der Waals surface area contributed by atoms with Crippen LogP contribution in [-0.4, -0.2) is 52.1 Å². The quantitative estimate of drug-likeness (QED) is 0.873. The van der Waals surface area contributed by atoms with E-state index in [1.165, 1.54) is 0 Å². The molecule has 6 nitrogen and oxygen atoms in total. The molecule has 1 aliphatic heterocycles. The Balaban J connectivity index is 1.66. The normalized spacial score (nSPS) is 23.1. The fourth-order valence-corrected chi connectivity index (χ4v) is 3.70. The summed E-state index contributed by atoms with van der Waals surface area (Å²) in [5.74, 6) is 1.06. The summed E-state index contributed by atoms with van der Waals surface area (Å²) in [6.45, 7) is 10.3. The largest absolute Gasteiger partial charge is 0.373 e. The van der Waals surface area contributed by atoms with Gasteiger partial charge in [-0.05, 0) is 31.9 Å². The van der Waals surface area contributed by atoms with Gasteiger partial charge in [0, 0.05) is 13.1 Å². The van der Waals surface area contributed by atoms with E-state index >= 15 is 0 Å². The minimum Gasteiger partial charge on any atom is -0.373 e. The SMILES string of the molecule is CC(C)[C@@H](C(=O)NCc1nc2ccccc2[nH]1)N1C[C@@H](C)O[C@@H](C)C1. The average Bonchev–Trinajstić information content (AvgIpc) is 2.94. The van der Waals surface area contributed by atoms with Crippen LogP contribution < -0.4 is 5.32 Å². The number of rotatable bonds is 5. The number of carbonyl (C=O) groups excluding carboxylic acids is 1. The van der Waals surface area contributed by atoms with Crippen LogP contribution in [0.1, 0.15) is 33.5 Å². The standard InChI is InChI=1S/C19H28N4O2/c1-12(2)18(23-10-13(3)25-14(4)11-23)19(24)20-9-17-21-15-7-5-6-8-16(15)22-17/h5-8,12-14,18H,9-11H2,1-4H3,(H,20,24)(H,21,22)/t13-,14+,18-/m0/s1. The van der Waals surface area contributed by atoms with Crippen LogP contribution in [0, 0.1) is 5.92 Å². The van der Waals surface area contributed by atoms with Crippen molar-refractivity contribution >= 4 is 16.9 Å². The predicted molar refractivity (Wildman–Crippen MR) is 98.1 cm³/mol. The lowest BCUT2D eigenvalue weighted by Gasteiger charge is -2.40. The molecule has 0 bridgehead atoms. The van der Waals surface area contributed by atoms with Gasteiger partial charge in [-0.2, -0.15) is 0 Å². The molecule has 2 aromatic rings. The zero-order chi connectivity index (χ0) is 18.0. The summed E-state index contributed by atoms with van der Waals surface area (Å²) in [5, 5.41) is 3.05. The van der Waals surface area contributed by atoms with Gasteiger partial charge in [0.1, 0.15) is 5.82 Å². The second-order valence-electron chi connectivity index (χ2n) is 7.32. The van der Waals surface area contributed by atoms with Crippen LogP contribution in [0.3, 0.4) is 0 Å². The number of aromatic nitrogens is 2. The van der Waals surface area contributed by atoms with Gasteiger partial charge in [-0.3, -0.25) is 9.69 Å². The van der Waals surface area contributed by atoms with Gasteiger partial charge in [-0.15, -0.1) is 0 Å². The highest BCUT2D eigenvalue weighted by Crippen LogP contribution is 2.19. The molecule has 0 saturated carbocycles. The number of morpholine rings is 1. The molecule has 1 aliphatic rings. The fourth-order valence-electron chi connectivity index (χ4n) is 3.70. The maximum atomic E-state index is 12.9. The Kier molecular flexibility index (Phi) is 5.39. The number of imidazole rings is 1. The zero-order valence-corrected chi connectivity index (χ0v) is 15.5. The predicted octanol–water partition coefficient (Wildman–Crippen LogP) is 2.31. The third-order valence-electron chi connectivity index (χ3n) is 4.61. The maximum absolute atomic E-state index is 12.9. The van der Waals surface area contributed by atoms with E-state index in [4.69, 9.17) is 4.74 Å². The Hall–Kier alpha value is -1.92. The van der Waals surface area contributed by atoms with E-state index < -0.39 is 0 Å². The number of ether oxygens (including phenoxy) is 1. The summed E-state index contributed by atoms with van der Waals surface area (Å²) in [5.41, 5.74) is 1.91. The highest BCUT2D eigenvalue weighted by molar-refractivity contribution is 5.82. The molecule has 0 unspecified atom stereocenters. The second-order valence-corrected chi connectivity index (χ2v) is 7.32. The molecule has 136 valence electrons. The number of H-pyrrole nitrogens is 1. The molecule has 0 spiro atoms. The number of nitrogens with one attached hydrogen (secondary N) is 2. The number of hydrogen-bond acceptors (Lipinski definition) is 4. The summed E-state index contributed by atoms with van der Waals surface area (Å²) in [6, 6.07) is 7.73. The van der Waals surface area contributed by atoms with Crippen LogP contribution in [0.2, 0.25) is 0 Å². The summed E-state index contributed by atoms with van der Waals surface area (Å²) < 4.78 is 5.80. The first-order valence-corrected chi connectivity index (χ1v) is 9.05. The Morgan fingerprint density at radius 2 is 2.00 bits per heavy atom. The summed E-state index contributed by atoms with van der Waals surface area (Å²) in [7, 11) is 0. The van der Waals surface area contributed by atoms with Crippen molar-refractivity contribution in [1.82, 2.24) is 20.2 Å². The minimum absolute atomic E-state index is 0.0526. The molecule has 3 rings (SSSR count). The van der Waals surface area contributed by atoms with Crippen LogP contribution in [0.4, 0.5) is 0 Å². The first kappa shape index (κ1) is 17.9. The second kappa shape index (κ2) is 7.54. The van der Waals surface area contributed by atoms with Crippen molar-refractivity contribution in [2.75, 3.05) is 13.1 Å². The van der Waals surface area contributed by atoms with Crippen molar-refractivity contribution in [2.24, 2.45) is 5.92 Å². The Morgan fingerprint density at radius 3 is 2.64 bits per heavy atom. The zero-order valence-electron chi connectivity index (χ0n) is 15.5. The van der Waals surface area contributed by atoms with Gasteiger partial charge in [0.15, 0.2) is 0 Å². The third-order valence-corrected chi connectivity index (χ3v) is 4.61. The van der Waals surface area contributed by atoms with Crippen LogP contribution in [0.25, 0.3) is 11.0 Å². The highest BCUT2D eigenvalue weighted by atomic mass is 16.5. The van der Waals surface area contributed by atoms with Gasteiger partial charge in [0.05, 0.1) is 35.8 Å². The van der Waals surface area contributed by atoms with E-state index in [1.54, 1.807) is 0 Å². The van der Waals surface area contributed by atoms with E-state index in [2.05, 4.69) is 47.9 Å². The molecule has 0 aliphatic carbocycles. The number of fused-ring (bicyclic) bond motifs is 1. The molecule has 2 N–H and O–H groups in total. The molecule has 2 heterocycles. The van der Waals surface area contributed by atoms with Crippen molar-refractivity contribution in [3.05, 3.63) is 30.1 Å². The molecule has 1 aromatic carbocycles. The van der Waals surface area contributed by atoms with E-state index in [-0.39, 0.29) is 30.1 Å². The first-order valence-electron chi connectivity index (χ1n) is 9.05. The lowest BCUT2D eigenvalue weighted by molar-refractivity contribution is -0.135.